The zero-order valence-corrected chi connectivity index (χ0v) is 8.61. The summed E-state index contributed by atoms with van der Waals surface area (Å²) in [5.74, 6) is 0. The van der Waals surface area contributed by atoms with Gasteiger partial charge in [0.2, 0.25) is 0 Å². The summed E-state index contributed by atoms with van der Waals surface area (Å²) >= 11 is 0. The van der Waals surface area contributed by atoms with Crippen molar-refractivity contribution in [2.24, 2.45) is 12.8 Å². The van der Waals surface area contributed by atoms with Crippen molar-refractivity contribution in [2.75, 3.05) is 19.6 Å². The highest BCUT2D eigenvalue weighted by atomic mass is 19.3. The minimum absolute atomic E-state index is 0.284. The highest BCUT2D eigenvalue weighted by Crippen LogP contribution is 2.03. The Morgan fingerprint density at radius 3 is 2.80 bits per heavy atom. The van der Waals surface area contributed by atoms with Gasteiger partial charge in [-0.1, -0.05) is 5.21 Å². The van der Waals surface area contributed by atoms with Crippen LogP contribution in [0.2, 0.25) is 0 Å². The van der Waals surface area contributed by atoms with Gasteiger partial charge >= 0.3 is 0 Å². The van der Waals surface area contributed by atoms with Crippen molar-refractivity contribution in [3.63, 3.8) is 0 Å². The predicted octanol–water partition coefficient (Wildman–Crippen LogP) is -0.159. The van der Waals surface area contributed by atoms with Crippen LogP contribution in [-0.4, -0.2) is 46.0 Å². The zero-order chi connectivity index (χ0) is 11.3. The standard InChI is InChI=1S/C8H15F2N5/c1-14-4-7(12-13-14)5-15(3-2-11)6-8(9)10/h4,8H,2-3,5-6,11H2,1H3. The van der Waals surface area contributed by atoms with Gasteiger partial charge in [-0.3, -0.25) is 9.58 Å². The lowest BCUT2D eigenvalue weighted by Gasteiger charge is -2.19. The van der Waals surface area contributed by atoms with Gasteiger partial charge in [-0.05, 0) is 0 Å². The summed E-state index contributed by atoms with van der Waals surface area (Å²) in [7, 11) is 1.73. The van der Waals surface area contributed by atoms with E-state index < -0.39 is 6.43 Å². The summed E-state index contributed by atoms with van der Waals surface area (Å²) in [6, 6.07) is 0. The van der Waals surface area contributed by atoms with E-state index in [0.29, 0.717) is 25.3 Å². The van der Waals surface area contributed by atoms with Gasteiger partial charge in [-0.15, -0.1) is 5.10 Å². The highest BCUT2D eigenvalue weighted by Gasteiger charge is 2.13. The Labute approximate surface area is 86.8 Å². The summed E-state index contributed by atoms with van der Waals surface area (Å²) < 4.78 is 25.9. The number of aryl methyl sites for hydroxylation is 1. The molecule has 7 heteroatoms. The van der Waals surface area contributed by atoms with E-state index in [9.17, 15) is 8.78 Å². The van der Waals surface area contributed by atoms with Gasteiger partial charge in [-0.2, -0.15) is 0 Å². The number of rotatable bonds is 6. The van der Waals surface area contributed by atoms with Crippen molar-refractivity contribution in [2.45, 2.75) is 13.0 Å². The molecular weight excluding hydrogens is 204 g/mol. The minimum atomic E-state index is -2.35. The fourth-order valence-electron chi connectivity index (χ4n) is 1.31. The van der Waals surface area contributed by atoms with Gasteiger partial charge in [0.05, 0.1) is 12.2 Å². The maximum absolute atomic E-state index is 12.2. The molecule has 0 saturated heterocycles. The molecule has 0 radical (unpaired) electrons. The van der Waals surface area contributed by atoms with Gasteiger partial charge in [0.15, 0.2) is 0 Å². The van der Waals surface area contributed by atoms with E-state index in [-0.39, 0.29) is 6.54 Å². The van der Waals surface area contributed by atoms with Crippen LogP contribution in [0.1, 0.15) is 5.69 Å². The molecule has 1 aromatic rings. The van der Waals surface area contributed by atoms with Crippen LogP contribution in [0.4, 0.5) is 8.78 Å². The van der Waals surface area contributed by atoms with Crippen LogP contribution in [0, 0.1) is 0 Å². The highest BCUT2D eigenvalue weighted by molar-refractivity contribution is 4.91. The van der Waals surface area contributed by atoms with E-state index >= 15 is 0 Å². The molecule has 0 spiro atoms. The van der Waals surface area contributed by atoms with Crippen LogP contribution >= 0.6 is 0 Å². The number of alkyl halides is 2. The van der Waals surface area contributed by atoms with E-state index in [4.69, 9.17) is 5.73 Å². The number of nitrogens with two attached hydrogens (primary N) is 1. The summed E-state index contributed by atoms with van der Waals surface area (Å²) in [5.41, 5.74) is 6.01. The largest absolute Gasteiger partial charge is 0.329 e. The second kappa shape index (κ2) is 5.72. The van der Waals surface area contributed by atoms with E-state index in [1.54, 1.807) is 22.8 Å². The first-order valence-corrected chi connectivity index (χ1v) is 4.67. The number of nitrogens with zero attached hydrogens (tertiary/aromatic N) is 4. The number of hydrogen-bond donors (Lipinski definition) is 1. The number of aromatic nitrogens is 3. The predicted molar refractivity (Wildman–Crippen MR) is 51.3 cm³/mol. The summed E-state index contributed by atoms with van der Waals surface area (Å²) in [5, 5.41) is 7.56. The van der Waals surface area contributed by atoms with E-state index in [2.05, 4.69) is 10.3 Å². The molecule has 2 N–H and O–H groups in total. The summed E-state index contributed by atoms with van der Waals surface area (Å²) in [6.45, 7) is 0.858. The molecule has 0 aromatic carbocycles. The van der Waals surface area contributed by atoms with Crippen molar-refractivity contribution in [1.82, 2.24) is 19.9 Å². The Hall–Kier alpha value is -1.08. The van der Waals surface area contributed by atoms with Crippen molar-refractivity contribution in [1.29, 1.82) is 0 Å². The molecule has 0 aliphatic carbocycles. The van der Waals surface area contributed by atoms with Crippen LogP contribution in [0.5, 0.6) is 0 Å². The zero-order valence-electron chi connectivity index (χ0n) is 8.61. The molecule has 0 aliphatic rings. The van der Waals surface area contributed by atoms with Gasteiger partial charge in [0, 0.05) is 32.9 Å². The molecule has 0 bridgehead atoms. The van der Waals surface area contributed by atoms with E-state index in [0.717, 1.165) is 0 Å². The average molecular weight is 219 g/mol. The van der Waals surface area contributed by atoms with Gasteiger partial charge in [0.25, 0.3) is 6.43 Å². The summed E-state index contributed by atoms with van der Waals surface area (Å²) in [6.07, 6.45) is -0.650. The van der Waals surface area contributed by atoms with E-state index in [1.807, 2.05) is 0 Å². The minimum Gasteiger partial charge on any atom is -0.329 e. The fourth-order valence-corrected chi connectivity index (χ4v) is 1.31. The summed E-state index contributed by atoms with van der Waals surface area (Å²) in [4.78, 5) is 1.56. The van der Waals surface area contributed by atoms with Crippen LogP contribution in [0.25, 0.3) is 0 Å². The Balaban J connectivity index is 2.50. The van der Waals surface area contributed by atoms with Crippen LogP contribution in [-0.2, 0) is 13.6 Å². The number of halogens is 2. The topological polar surface area (TPSA) is 60.0 Å². The van der Waals surface area contributed by atoms with Gasteiger partial charge < -0.3 is 5.73 Å². The Kier molecular flexibility index (Phi) is 4.57. The Bertz CT molecular complexity index is 288. The Morgan fingerprint density at radius 2 is 2.33 bits per heavy atom. The first-order chi connectivity index (χ1) is 7.11. The molecule has 86 valence electrons. The lowest BCUT2D eigenvalue weighted by molar-refractivity contribution is 0.0856. The maximum atomic E-state index is 12.2. The maximum Gasteiger partial charge on any atom is 0.251 e. The smallest absolute Gasteiger partial charge is 0.251 e. The molecule has 1 aromatic heterocycles. The van der Waals surface area contributed by atoms with Crippen LogP contribution in [0.15, 0.2) is 6.20 Å². The molecule has 0 saturated carbocycles. The molecule has 1 rings (SSSR count). The molecule has 0 fully saturated rings. The van der Waals surface area contributed by atoms with Crippen molar-refractivity contribution >= 4 is 0 Å². The lowest BCUT2D eigenvalue weighted by Crippen LogP contribution is -2.33. The van der Waals surface area contributed by atoms with E-state index in [1.165, 1.54) is 0 Å². The third-order valence-corrected chi connectivity index (χ3v) is 1.88. The molecule has 5 nitrogen and oxygen atoms in total. The van der Waals surface area contributed by atoms with Crippen LogP contribution in [0.3, 0.4) is 0 Å². The SMILES string of the molecule is Cn1cc(CN(CCN)CC(F)F)nn1. The fraction of sp³-hybridized carbons (Fsp3) is 0.750. The molecule has 0 atom stereocenters. The van der Waals surface area contributed by atoms with Gasteiger partial charge in [0.1, 0.15) is 0 Å². The average Bonchev–Trinajstić information content (AvgIpc) is 2.50. The molecule has 1 heterocycles. The monoisotopic (exact) mass is 219 g/mol. The Morgan fingerprint density at radius 1 is 1.60 bits per heavy atom. The molecule has 0 aliphatic heterocycles. The molecule has 15 heavy (non-hydrogen) atoms. The van der Waals surface area contributed by atoms with Gasteiger partial charge in [-0.25, -0.2) is 8.78 Å². The third-order valence-electron chi connectivity index (χ3n) is 1.88. The van der Waals surface area contributed by atoms with Crippen LogP contribution < -0.4 is 5.73 Å². The first kappa shape index (κ1) is 12.0. The van der Waals surface area contributed by atoms with Crippen molar-refractivity contribution in [3.05, 3.63) is 11.9 Å². The number of hydrogen-bond acceptors (Lipinski definition) is 4. The van der Waals surface area contributed by atoms with Crippen molar-refractivity contribution in [3.8, 4) is 0 Å². The molecule has 0 unspecified atom stereocenters. The molecule has 0 amide bonds. The van der Waals surface area contributed by atoms with Crippen molar-refractivity contribution < 1.29 is 8.78 Å². The third kappa shape index (κ3) is 4.30. The normalized spacial score (nSPS) is 11.6. The second-order valence-corrected chi connectivity index (χ2v) is 3.30. The molecular formula is C8H15F2N5. The lowest BCUT2D eigenvalue weighted by atomic mass is 10.4. The second-order valence-electron chi connectivity index (χ2n) is 3.30. The quantitative estimate of drug-likeness (QED) is 0.722. The first-order valence-electron chi connectivity index (χ1n) is 4.67.